The summed E-state index contributed by atoms with van der Waals surface area (Å²) in [5.41, 5.74) is 1.20. The van der Waals surface area contributed by atoms with E-state index in [1.807, 2.05) is 12.1 Å². The van der Waals surface area contributed by atoms with Crippen molar-refractivity contribution in [2.24, 2.45) is 0 Å². The fraction of sp³-hybridized carbons (Fsp3) is 0.571. The van der Waals surface area contributed by atoms with Crippen LogP contribution in [0.4, 0.5) is 0 Å². The van der Waals surface area contributed by atoms with E-state index in [0.29, 0.717) is 6.04 Å². The fourth-order valence-corrected chi connectivity index (χ4v) is 2.80. The zero-order valence-electron chi connectivity index (χ0n) is 10.8. The van der Waals surface area contributed by atoms with Gasteiger partial charge in [-0.05, 0) is 50.6 Å². The molecule has 0 spiro atoms. The second kappa shape index (κ2) is 7.12. The molecule has 1 saturated heterocycles. The highest BCUT2D eigenvalue weighted by Gasteiger charge is 2.12. The topological polar surface area (TPSA) is 33.3 Å². The molecule has 1 aromatic carbocycles. The first kappa shape index (κ1) is 13.8. The van der Waals surface area contributed by atoms with Gasteiger partial charge in [0.25, 0.3) is 0 Å². The SMILES string of the molecule is COc1ccc(Br)cc1CNCCC1CCCN1. The van der Waals surface area contributed by atoms with Crippen molar-refractivity contribution in [2.75, 3.05) is 20.2 Å². The second-order valence-electron chi connectivity index (χ2n) is 4.71. The largest absolute Gasteiger partial charge is 0.496 e. The van der Waals surface area contributed by atoms with E-state index in [0.717, 1.165) is 23.3 Å². The van der Waals surface area contributed by atoms with E-state index in [2.05, 4.69) is 32.6 Å². The Kier molecular flexibility index (Phi) is 5.47. The first-order chi connectivity index (χ1) is 8.79. The smallest absolute Gasteiger partial charge is 0.123 e. The lowest BCUT2D eigenvalue weighted by Crippen LogP contribution is -2.26. The Balaban J connectivity index is 1.76. The Hall–Kier alpha value is -0.580. The summed E-state index contributed by atoms with van der Waals surface area (Å²) in [5.74, 6) is 0.949. The third-order valence-corrected chi connectivity index (χ3v) is 3.88. The van der Waals surface area contributed by atoms with Crippen LogP contribution in [0.2, 0.25) is 0 Å². The molecule has 18 heavy (non-hydrogen) atoms. The molecule has 4 heteroatoms. The van der Waals surface area contributed by atoms with Crippen LogP contribution in [0, 0.1) is 0 Å². The minimum atomic E-state index is 0.710. The van der Waals surface area contributed by atoms with Gasteiger partial charge in [-0.15, -0.1) is 0 Å². The van der Waals surface area contributed by atoms with E-state index < -0.39 is 0 Å². The Bertz CT molecular complexity index is 378. The van der Waals surface area contributed by atoms with Crippen molar-refractivity contribution in [1.82, 2.24) is 10.6 Å². The van der Waals surface area contributed by atoms with E-state index in [9.17, 15) is 0 Å². The van der Waals surface area contributed by atoms with Gasteiger partial charge in [0.2, 0.25) is 0 Å². The highest BCUT2D eigenvalue weighted by Crippen LogP contribution is 2.22. The molecule has 1 aromatic rings. The molecule has 1 heterocycles. The molecule has 1 fully saturated rings. The summed E-state index contributed by atoms with van der Waals surface area (Å²) in [7, 11) is 1.72. The molecule has 0 amide bonds. The normalized spacial score (nSPS) is 19.1. The number of halogens is 1. The van der Waals surface area contributed by atoms with Crippen molar-refractivity contribution in [2.45, 2.75) is 31.8 Å². The quantitative estimate of drug-likeness (QED) is 0.792. The van der Waals surface area contributed by atoms with Crippen LogP contribution in [0.5, 0.6) is 5.75 Å². The van der Waals surface area contributed by atoms with Crippen LogP contribution in [0.25, 0.3) is 0 Å². The van der Waals surface area contributed by atoms with Gasteiger partial charge in [0.05, 0.1) is 7.11 Å². The average molecular weight is 313 g/mol. The number of ether oxygens (including phenoxy) is 1. The minimum absolute atomic E-state index is 0.710. The van der Waals surface area contributed by atoms with Gasteiger partial charge in [-0.25, -0.2) is 0 Å². The van der Waals surface area contributed by atoms with Gasteiger partial charge in [-0.1, -0.05) is 15.9 Å². The van der Waals surface area contributed by atoms with Gasteiger partial charge in [-0.3, -0.25) is 0 Å². The maximum atomic E-state index is 5.36. The predicted octanol–water partition coefficient (Wildman–Crippen LogP) is 2.69. The Morgan fingerprint density at radius 2 is 2.39 bits per heavy atom. The van der Waals surface area contributed by atoms with Crippen molar-refractivity contribution in [3.63, 3.8) is 0 Å². The van der Waals surface area contributed by atoms with Crippen LogP contribution < -0.4 is 15.4 Å². The molecule has 1 atom stereocenters. The Morgan fingerprint density at radius 1 is 1.50 bits per heavy atom. The lowest BCUT2D eigenvalue weighted by Gasteiger charge is -2.12. The number of benzene rings is 1. The van der Waals surface area contributed by atoms with Gasteiger partial charge in [0.1, 0.15) is 5.75 Å². The third kappa shape index (κ3) is 3.97. The summed E-state index contributed by atoms with van der Waals surface area (Å²) in [6.07, 6.45) is 3.85. The standard InChI is InChI=1S/C14H21BrN2O/c1-18-14-5-4-12(15)9-11(14)10-16-8-6-13-3-2-7-17-13/h4-5,9,13,16-17H,2-3,6-8,10H2,1H3. The zero-order valence-corrected chi connectivity index (χ0v) is 12.4. The lowest BCUT2D eigenvalue weighted by atomic mass is 10.1. The van der Waals surface area contributed by atoms with E-state index in [1.165, 1.54) is 31.4 Å². The summed E-state index contributed by atoms with van der Waals surface area (Å²) in [6.45, 7) is 3.09. The average Bonchev–Trinajstić information content (AvgIpc) is 2.88. The number of nitrogens with one attached hydrogen (secondary N) is 2. The van der Waals surface area contributed by atoms with Crippen LogP contribution in [0.3, 0.4) is 0 Å². The van der Waals surface area contributed by atoms with Crippen molar-refractivity contribution in [3.8, 4) is 5.75 Å². The summed E-state index contributed by atoms with van der Waals surface area (Å²) in [4.78, 5) is 0. The molecule has 3 nitrogen and oxygen atoms in total. The summed E-state index contributed by atoms with van der Waals surface area (Å²) in [6, 6.07) is 6.83. The number of hydrogen-bond donors (Lipinski definition) is 2. The number of rotatable bonds is 6. The lowest BCUT2D eigenvalue weighted by molar-refractivity contribution is 0.407. The zero-order chi connectivity index (χ0) is 12.8. The van der Waals surface area contributed by atoms with Crippen molar-refractivity contribution < 1.29 is 4.74 Å². The van der Waals surface area contributed by atoms with Crippen LogP contribution in [0.1, 0.15) is 24.8 Å². The molecule has 100 valence electrons. The number of methoxy groups -OCH3 is 1. The summed E-state index contributed by atoms with van der Waals surface area (Å²) >= 11 is 3.50. The van der Waals surface area contributed by atoms with Gasteiger partial charge in [-0.2, -0.15) is 0 Å². The van der Waals surface area contributed by atoms with Gasteiger partial charge >= 0.3 is 0 Å². The highest BCUT2D eigenvalue weighted by atomic mass is 79.9. The fourth-order valence-electron chi connectivity index (χ4n) is 2.39. The predicted molar refractivity (Wildman–Crippen MR) is 78.0 cm³/mol. The van der Waals surface area contributed by atoms with Crippen molar-refractivity contribution >= 4 is 15.9 Å². The molecule has 1 unspecified atom stereocenters. The van der Waals surface area contributed by atoms with Crippen LogP contribution >= 0.6 is 15.9 Å². The van der Waals surface area contributed by atoms with E-state index in [-0.39, 0.29) is 0 Å². The molecule has 0 bridgehead atoms. The Labute approximate surface area is 117 Å². The maximum absolute atomic E-state index is 5.36. The molecular formula is C14H21BrN2O. The summed E-state index contributed by atoms with van der Waals surface area (Å²) in [5, 5.41) is 7.00. The number of hydrogen-bond acceptors (Lipinski definition) is 3. The van der Waals surface area contributed by atoms with E-state index >= 15 is 0 Å². The first-order valence-corrected chi connectivity index (χ1v) is 7.35. The monoisotopic (exact) mass is 312 g/mol. The molecule has 2 N–H and O–H groups in total. The first-order valence-electron chi connectivity index (χ1n) is 6.56. The molecule has 0 aromatic heterocycles. The molecule has 2 rings (SSSR count). The molecular weight excluding hydrogens is 292 g/mol. The minimum Gasteiger partial charge on any atom is -0.496 e. The molecule has 1 aliphatic heterocycles. The molecule has 0 aliphatic carbocycles. The second-order valence-corrected chi connectivity index (χ2v) is 5.63. The van der Waals surface area contributed by atoms with E-state index in [1.54, 1.807) is 7.11 Å². The molecule has 0 saturated carbocycles. The third-order valence-electron chi connectivity index (χ3n) is 3.39. The van der Waals surface area contributed by atoms with Crippen LogP contribution in [0.15, 0.2) is 22.7 Å². The molecule has 1 aliphatic rings. The van der Waals surface area contributed by atoms with Crippen LogP contribution in [-0.2, 0) is 6.54 Å². The van der Waals surface area contributed by atoms with Gasteiger partial charge in [0.15, 0.2) is 0 Å². The van der Waals surface area contributed by atoms with Crippen molar-refractivity contribution in [3.05, 3.63) is 28.2 Å². The van der Waals surface area contributed by atoms with Gasteiger partial charge < -0.3 is 15.4 Å². The van der Waals surface area contributed by atoms with E-state index in [4.69, 9.17) is 4.74 Å². The van der Waals surface area contributed by atoms with Crippen LogP contribution in [-0.4, -0.2) is 26.2 Å². The highest BCUT2D eigenvalue weighted by molar-refractivity contribution is 9.10. The Morgan fingerprint density at radius 3 is 3.11 bits per heavy atom. The summed E-state index contributed by atoms with van der Waals surface area (Å²) < 4.78 is 6.45. The maximum Gasteiger partial charge on any atom is 0.123 e. The van der Waals surface area contributed by atoms with Gasteiger partial charge in [0, 0.05) is 22.6 Å². The molecule has 0 radical (unpaired) electrons. The van der Waals surface area contributed by atoms with Crippen molar-refractivity contribution in [1.29, 1.82) is 0 Å².